The first kappa shape index (κ1) is 29.4. The van der Waals surface area contributed by atoms with E-state index in [2.05, 4.69) is 27.4 Å². The molecule has 3 heterocycles. The van der Waals surface area contributed by atoms with Gasteiger partial charge in [0.05, 0.1) is 18.8 Å². The molecule has 0 saturated carbocycles. The zero-order valence-electron chi connectivity index (χ0n) is 24.3. The summed E-state index contributed by atoms with van der Waals surface area (Å²) in [5, 5.41) is 5.96. The number of carbonyl (C=O) groups excluding carboxylic acids is 2. The van der Waals surface area contributed by atoms with Crippen molar-refractivity contribution >= 4 is 11.8 Å². The van der Waals surface area contributed by atoms with E-state index in [1.807, 2.05) is 13.0 Å². The van der Waals surface area contributed by atoms with Crippen LogP contribution in [0.25, 0.3) is 0 Å². The summed E-state index contributed by atoms with van der Waals surface area (Å²) in [6, 6.07) is 9.46. The fourth-order valence-electron chi connectivity index (χ4n) is 5.41. The second kappa shape index (κ2) is 13.2. The average molecular weight is 580 g/mol. The number of benzene rings is 2. The van der Waals surface area contributed by atoms with Crippen LogP contribution in [0.15, 0.2) is 36.4 Å². The van der Waals surface area contributed by atoms with Crippen molar-refractivity contribution < 1.29 is 28.2 Å². The number of halogens is 1. The Morgan fingerprint density at radius 2 is 1.98 bits per heavy atom. The Kier molecular flexibility index (Phi) is 9.26. The number of H-pyrrole nitrogens is 1. The lowest BCUT2D eigenvalue weighted by molar-refractivity contribution is -0.125. The van der Waals surface area contributed by atoms with Crippen molar-refractivity contribution in [1.29, 1.82) is 0 Å². The van der Waals surface area contributed by atoms with Gasteiger partial charge in [0.15, 0.2) is 18.1 Å². The Bertz CT molecular complexity index is 1430. The second-order valence-electron chi connectivity index (χ2n) is 10.8. The van der Waals surface area contributed by atoms with Crippen LogP contribution in [-0.4, -0.2) is 65.6 Å². The topological polar surface area (TPSA) is 118 Å². The van der Waals surface area contributed by atoms with E-state index in [1.165, 1.54) is 19.2 Å². The molecule has 0 radical (unpaired) electrons. The number of rotatable bonds is 4. The highest BCUT2D eigenvalue weighted by molar-refractivity contribution is 5.78. The summed E-state index contributed by atoms with van der Waals surface area (Å²) >= 11 is 0. The van der Waals surface area contributed by atoms with Crippen molar-refractivity contribution in [3.63, 3.8) is 0 Å². The van der Waals surface area contributed by atoms with Crippen molar-refractivity contribution in [2.75, 3.05) is 26.8 Å². The van der Waals surface area contributed by atoms with Gasteiger partial charge in [-0.2, -0.15) is 0 Å². The molecule has 5 rings (SSSR count). The largest absolute Gasteiger partial charge is 0.493 e. The number of amides is 2. The minimum absolute atomic E-state index is 0.161. The fraction of sp³-hybridized carbons (Fsp3) is 0.452. The van der Waals surface area contributed by atoms with Crippen LogP contribution in [0.4, 0.5) is 4.39 Å². The van der Waals surface area contributed by atoms with Crippen molar-refractivity contribution in [2.24, 2.45) is 0 Å². The van der Waals surface area contributed by atoms with Gasteiger partial charge in [-0.3, -0.25) is 14.5 Å². The molecule has 11 heteroatoms. The molecule has 2 aliphatic heterocycles. The molecule has 2 aliphatic rings. The van der Waals surface area contributed by atoms with Crippen LogP contribution in [0.2, 0.25) is 0 Å². The van der Waals surface area contributed by atoms with Gasteiger partial charge in [-0.15, -0.1) is 0 Å². The van der Waals surface area contributed by atoms with Crippen molar-refractivity contribution in [1.82, 2.24) is 25.5 Å². The Hall–Kier alpha value is -4.12. The lowest BCUT2D eigenvalue weighted by Gasteiger charge is -2.38. The first-order chi connectivity index (χ1) is 20.3. The number of nitrogens with one attached hydrogen (secondary N) is 3. The van der Waals surface area contributed by atoms with Crippen LogP contribution in [0.3, 0.4) is 0 Å². The van der Waals surface area contributed by atoms with Gasteiger partial charge in [0.1, 0.15) is 23.5 Å². The summed E-state index contributed by atoms with van der Waals surface area (Å²) in [6.45, 7) is 5.87. The van der Waals surface area contributed by atoms with Gasteiger partial charge in [-0.1, -0.05) is 13.0 Å². The average Bonchev–Trinajstić information content (AvgIpc) is 3.33. The van der Waals surface area contributed by atoms with Crippen LogP contribution in [0, 0.1) is 12.7 Å². The molecule has 3 aromatic rings. The first-order valence-corrected chi connectivity index (χ1v) is 14.4. The summed E-state index contributed by atoms with van der Waals surface area (Å²) in [5.74, 6) is 1.29. The zero-order valence-corrected chi connectivity index (χ0v) is 24.3. The molecule has 2 amide bonds. The Morgan fingerprint density at radius 1 is 1.12 bits per heavy atom. The Labute approximate surface area is 244 Å². The quantitative estimate of drug-likeness (QED) is 0.435. The van der Waals surface area contributed by atoms with E-state index in [0.29, 0.717) is 55.3 Å². The number of methoxy groups -OCH3 is 1. The van der Waals surface area contributed by atoms with E-state index >= 15 is 0 Å². The first-order valence-electron chi connectivity index (χ1n) is 14.4. The molecule has 0 aliphatic carbocycles. The fourth-order valence-corrected chi connectivity index (χ4v) is 5.41. The Balaban J connectivity index is 1.39. The molecule has 1 fully saturated rings. The molecule has 1 aromatic heterocycles. The molecular formula is C31H38FN5O5. The molecule has 42 heavy (non-hydrogen) atoms. The van der Waals surface area contributed by atoms with Gasteiger partial charge in [0.2, 0.25) is 5.91 Å². The van der Waals surface area contributed by atoms with E-state index in [1.54, 1.807) is 18.2 Å². The summed E-state index contributed by atoms with van der Waals surface area (Å²) < 4.78 is 32.2. The number of fused-ring (bicyclic) bond motifs is 5. The number of carbonyl (C=O) groups is 2. The number of aryl methyl sites for hydroxylation is 3. The number of likely N-dealkylation sites (tertiary alicyclic amines) is 1. The number of hydrogen-bond acceptors (Lipinski definition) is 7. The standard InChI is InChI=1S/C31H38FN5O5/c1-4-29-34-19(2)24(35-29)16-37-10-9-26-25(17-37)36-31(39)18-41-28-13-20(5-7-27(28)40-3)6-8-30(38)33-15-21-11-22(32)14-23(12-21)42-26/h5,7,11-14,25-26H,4,6,8-10,15-18H2,1-3H3,(H,33,38)(H,34,35)(H,36,39)/t25-,26-/m1/s1. The van der Waals surface area contributed by atoms with E-state index in [9.17, 15) is 14.0 Å². The summed E-state index contributed by atoms with van der Waals surface area (Å²) in [4.78, 5) is 36.0. The highest BCUT2D eigenvalue weighted by Gasteiger charge is 2.33. The molecule has 0 unspecified atom stereocenters. The maximum atomic E-state index is 14.6. The van der Waals surface area contributed by atoms with Crippen molar-refractivity contribution in [3.8, 4) is 17.2 Å². The predicted octanol–water partition coefficient (Wildman–Crippen LogP) is 3.21. The number of nitrogens with zero attached hydrogens (tertiary/aromatic N) is 2. The number of hydrogen-bond donors (Lipinski definition) is 3. The van der Waals surface area contributed by atoms with Crippen LogP contribution in [-0.2, 0) is 35.5 Å². The van der Waals surface area contributed by atoms with Crippen molar-refractivity contribution in [2.45, 2.75) is 64.8 Å². The van der Waals surface area contributed by atoms with Gasteiger partial charge in [-0.25, -0.2) is 9.37 Å². The number of aromatic amines is 1. The van der Waals surface area contributed by atoms with Gasteiger partial charge in [0.25, 0.3) is 5.91 Å². The number of imidazole rings is 1. The molecular weight excluding hydrogens is 541 g/mol. The molecule has 2 aromatic carbocycles. The SMILES string of the molecule is CCc1nc(CN2CC[C@H]3Oc4cc(F)cc(c4)CNC(=O)CCc4ccc(OC)c(c4)OCC(=O)N[C@@H]3C2)c(C)[nH]1. The molecule has 224 valence electrons. The third-order valence-electron chi connectivity index (χ3n) is 7.66. The minimum Gasteiger partial charge on any atom is -0.493 e. The predicted molar refractivity (Wildman–Crippen MR) is 154 cm³/mol. The molecule has 3 N–H and O–H groups in total. The van der Waals surface area contributed by atoms with E-state index in [0.717, 1.165) is 29.2 Å². The van der Waals surface area contributed by atoms with Gasteiger partial charge < -0.3 is 29.8 Å². The third-order valence-corrected chi connectivity index (χ3v) is 7.66. The normalized spacial score (nSPS) is 20.2. The Morgan fingerprint density at radius 3 is 2.76 bits per heavy atom. The molecule has 4 bridgehead atoms. The summed E-state index contributed by atoms with van der Waals surface area (Å²) in [5.41, 5.74) is 3.47. The maximum absolute atomic E-state index is 14.6. The highest BCUT2D eigenvalue weighted by Crippen LogP contribution is 2.29. The monoisotopic (exact) mass is 579 g/mol. The lowest BCUT2D eigenvalue weighted by Crippen LogP contribution is -2.57. The number of piperidine rings is 1. The van der Waals surface area contributed by atoms with E-state index < -0.39 is 18.0 Å². The minimum atomic E-state index is -0.455. The smallest absolute Gasteiger partial charge is 0.258 e. The van der Waals surface area contributed by atoms with E-state index in [-0.39, 0.29) is 31.4 Å². The van der Waals surface area contributed by atoms with Gasteiger partial charge in [0, 0.05) is 50.8 Å². The lowest BCUT2D eigenvalue weighted by atomic mass is 10.0. The number of aromatic nitrogens is 2. The highest BCUT2D eigenvalue weighted by atomic mass is 19.1. The maximum Gasteiger partial charge on any atom is 0.258 e. The van der Waals surface area contributed by atoms with Crippen LogP contribution in [0.1, 0.15) is 48.1 Å². The van der Waals surface area contributed by atoms with Crippen LogP contribution in [0.5, 0.6) is 17.2 Å². The molecule has 0 spiro atoms. The molecule has 10 nitrogen and oxygen atoms in total. The van der Waals surface area contributed by atoms with Crippen LogP contribution < -0.4 is 24.8 Å². The second-order valence-corrected chi connectivity index (χ2v) is 10.8. The van der Waals surface area contributed by atoms with E-state index in [4.69, 9.17) is 19.2 Å². The van der Waals surface area contributed by atoms with Crippen LogP contribution >= 0.6 is 0 Å². The van der Waals surface area contributed by atoms with Crippen molar-refractivity contribution in [3.05, 3.63) is 70.6 Å². The summed E-state index contributed by atoms with van der Waals surface area (Å²) in [7, 11) is 1.54. The van der Waals surface area contributed by atoms with Gasteiger partial charge in [-0.05, 0) is 55.2 Å². The van der Waals surface area contributed by atoms with Gasteiger partial charge >= 0.3 is 0 Å². The molecule has 1 saturated heterocycles. The third kappa shape index (κ3) is 7.39. The zero-order chi connectivity index (χ0) is 29.6. The molecule has 2 atom stereocenters. The summed E-state index contributed by atoms with van der Waals surface area (Å²) in [6.07, 6.45) is 1.72. The number of ether oxygens (including phenoxy) is 3.